The molecule has 3 heteroatoms. The highest BCUT2D eigenvalue weighted by Gasteiger charge is 2.53. The first-order valence-electron chi connectivity index (χ1n) is 9.22. The van der Waals surface area contributed by atoms with E-state index >= 15 is 0 Å². The van der Waals surface area contributed by atoms with Crippen LogP contribution in [-0.2, 0) is 4.79 Å². The number of aliphatic hydroxyl groups excluding tert-OH is 1. The molecule has 3 nitrogen and oxygen atoms in total. The van der Waals surface area contributed by atoms with Crippen molar-refractivity contribution in [3.8, 4) is 0 Å². The summed E-state index contributed by atoms with van der Waals surface area (Å²) in [6.45, 7) is 9.26. The summed E-state index contributed by atoms with van der Waals surface area (Å²) in [7, 11) is 0. The molecular weight excluding hydrogens is 288 g/mol. The van der Waals surface area contributed by atoms with E-state index in [-0.39, 0.29) is 29.8 Å². The summed E-state index contributed by atoms with van der Waals surface area (Å²) in [4.78, 5) is 10.9. The fourth-order valence-electron chi connectivity index (χ4n) is 5.55. The van der Waals surface area contributed by atoms with E-state index in [1.165, 1.54) is 18.4 Å². The van der Waals surface area contributed by atoms with Crippen LogP contribution in [-0.4, -0.2) is 22.8 Å². The minimum atomic E-state index is -0.692. The molecule has 0 aliphatic heterocycles. The zero-order chi connectivity index (χ0) is 17.3. The molecule has 0 aromatic carbocycles. The maximum absolute atomic E-state index is 10.9. The van der Waals surface area contributed by atoms with E-state index in [1.54, 1.807) is 0 Å². The standard InChI is InChI=1S/C20H34O3/c1-14(12-18(22)23)6-8-16-15(2)7-9-17-19(3,13-21)10-5-11-20(16,17)4/h7,14,16-17,21H,5-6,8-13H2,1-4H3,(H,22,23). The Morgan fingerprint density at radius 2 is 2.09 bits per heavy atom. The first-order chi connectivity index (χ1) is 10.7. The second-order valence-electron chi connectivity index (χ2n) is 8.74. The summed E-state index contributed by atoms with van der Waals surface area (Å²) in [5, 5.41) is 19.0. The zero-order valence-electron chi connectivity index (χ0n) is 15.3. The number of aliphatic hydroxyl groups is 1. The van der Waals surface area contributed by atoms with E-state index in [0.29, 0.717) is 11.8 Å². The van der Waals surface area contributed by atoms with Crippen LogP contribution in [0.15, 0.2) is 11.6 Å². The molecule has 5 atom stereocenters. The fraction of sp³-hybridized carbons (Fsp3) is 0.850. The Morgan fingerprint density at radius 3 is 2.70 bits per heavy atom. The molecule has 0 aromatic rings. The fourth-order valence-corrected chi connectivity index (χ4v) is 5.55. The van der Waals surface area contributed by atoms with Gasteiger partial charge in [-0.15, -0.1) is 0 Å². The third-order valence-electron chi connectivity index (χ3n) is 6.95. The van der Waals surface area contributed by atoms with Crippen LogP contribution >= 0.6 is 0 Å². The molecule has 23 heavy (non-hydrogen) atoms. The highest BCUT2D eigenvalue weighted by Crippen LogP contribution is 2.60. The van der Waals surface area contributed by atoms with Gasteiger partial charge in [-0.3, -0.25) is 4.79 Å². The van der Waals surface area contributed by atoms with Crippen molar-refractivity contribution in [1.82, 2.24) is 0 Å². The van der Waals surface area contributed by atoms with Crippen LogP contribution < -0.4 is 0 Å². The predicted molar refractivity (Wildman–Crippen MR) is 93.2 cm³/mol. The average Bonchev–Trinajstić information content (AvgIpc) is 2.45. The molecule has 0 radical (unpaired) electrons. The van der Waals surface area contributed by atoms with Crippen molar-refractivity contribution in [1.29, 1.82) is 0 Å². The van der Waals surface area contributed by atoms with Gasteiger partial charge in [0.1, 0.15) is 0 Å². The lowest BCUT2D eigenvalue weighted by atomic mass is 9.48. The molecule has 2 N–H and O–H groups in total. The van der Waals surface area contributed by atoms with Crippen molar-refractivity contribution < 1.29 is 15.0 Å². The van der Waals surface area contributed by atoms with Gasteiger partial charge in [-0.25, -0.2) is 0 Å². The summed E-state index contributed by atoms with van der Waals surface area (Å²) < 4.78 is 0. The van der Waals surface area contributed by atoms with Crippen LogP contribution in [0, 0.1) is 28.6 Å². The van der Waals surface area contributed by atoms with Gasteiger partial charge in [0, 0.05) is 13.0 Å². The monoisotopic (exact) mass is 322 g/mol. The number of hydrogen-bond acceptors (Lipinski definition) is 2. The average molecular weight is 322 g/mol. The van der Waals surface area contributed by atoms with Gasteiger partial charge in [-0.05, 0) is 67.6 Å². The van der Waals surface area contributed by atoms with Gasteiger partial charge >= 0.3 is 5.97 Å². The van der Waals surface area contributed by atoms with Crippen LogP contribution in [0.3, 0.4) is 0 Å². The maximum atomic E-state index is 10.9. The SMILES string of the molecule is CC1=CCC2C(C)(CO)CCCC2(C)C1CCC(C)CC(=O)O. The molecular formula is C20H34O3. The van der Waals surface area contributed by atoms with E-state index in [1.807, 2.05) is 0 Å². The van der Waals surface area contributed by atoms with Crippen LogP contribution in [0.2, 0.25) is 0 Å². The van der Waals surface area contributed by atoms with Crippen molar-refractivity contribution in [3.63, 3.8) is 0 Å². The number of carboxylic acid groups (broad SMARTS) is 1. The molecule has 0 bridgehead atoms. The van der Waals surface area contributed by atoms with Gasteiger partial charge in [0.05, 0.1) is 0 Å². The van der Waals surface area contributed by atoms with Crippen molar-refractivity contribution in [3.05, 3.63) is 11.6 Å². The van der Waals surface area contributed by atoms with E-state index < -0.39 is 5.97 Å². The Morgan fingerprint density at radius 1 is 1.39 bits per heavy atom. The van der Waals surface area contributed by atoms with Gasteiger partial charge in [-0.2, -0.15) is 0 Å². The van der Waals surface area contributed by atoms with Gasteiger partial charge in [-0.1, -0.05) is 38.8 Å². The summed E-state index contributed by atoms with van der Waals surface area (Å²) in [5.74, 6) is 0.612. The quantitative estimate of drug-likeness (QED) is 0.700. The van der Waals surface area contributed by atoms with Gasteiger partial charge in [0.25, 0.3) is 0 Å². The van der Waals surface area contributed by atoms with Crippen LogP contribution in [0.1, 0.15) is 72.6 Å². The van der Waals surface area contributed by atoms with Crippen molar-refractivity contribution in [2.45, 2.75) is 72.6 Å². The number of fused-ring (bicyclic) bond motifs is 1. The third-order valence-corrected chi connectivity index (χ3v) is 6.95. The van der Waals surface area contributed by atoms with Crippen molar-refractivity contribution in [2.75, 3.05) is 6.61 Å². The van der Waals surface area contributed by atoms with Crippen molar-refractivity contribution in [2.24, 2.45) is 28.6 Å². The molecule has 2 aliphatic carbocycles. The Labute approximate surface area is 141 Å². The number of carboxylic acids is 1. The van der Waals surface area contributed by atoms with Gasteiger partial charge in [0.15, 0.2) is 0 Å². The smallest absolute Gasteiger partial charge is 0.303 e. The zero-order valence-corrected chi connectivity index (χ0v) is 15.3. The third kappa shape index (κ3) is 3.65. The second kappa shape index (κ2) is 6.96. The minimum Gasteiger partial charge on any atom is -0.481 e. The summed E-state index contributed by atoms with van der Waals surface area (Å²) in [5.41, 5.74) is 1.76. The molecule has 0 amide bonds. The van der Waals surface area contributed by atoms with Gasteiger partial charge in [0.2, 0.25) is 0 Å². The first-order valence-corrected chi connectivity index (χ1v) is 9.22. The number of allylic oxidation sites excluding steroid dienone is 2. The second-order valence-corrected chi connectivity index (χ2v) is 8.74. The van der Waals surface area contributed by atoms with E-state index in [4.69, 9.17) is 5.11 Å². The molecule has 1 fully saturated rings. The van der Waals surface area contributed by atoms with Crippen LogP contribution in [0.5, 0.6) is 0 Å². The van der Waals surface area contributed by atoms with Crippen LogP contribution in [0.25, 0.3) is 0 Å². The minimum absolute atomic E-state index is 0.0368. The molecule has 0 spiro atoms. The lowest BCUT2D eigenvalue weighted by Gasteiger charge is -2.57. The topological polar surface area (TPSA) is 57.5 Å². The molecule has 132 valence electrons. The number of carbonyl (C=O) groups is 1. The molecule has 0 saturated heterocycles. The molecule has 1 saturated carbocycles. The molecule has 0 aromatic heterocycles. The summed E-state index contributed by atoms with van der Waals surface area (Å²) >= 11 is 0. The molecule has 0 heterocycles. The largest absolute Gasteiger partial charge is 0.481 e. The van der Waals surface area contributed by atoms with Crippen molar-refractivity contribution >= 4 is 5.97 Å². The summed E-state index contributed by atoms with van der Waals surface area (Å²) in [6, 6.07) is 0. The Kier molecular flexibility index (Phi) is 5.60. The molecule has 2 aliphatic rings. The first kappa shape index (κ1) is 18.5. The maximum Gasteiger partial charge on any atom is 0.303 e. The molecule has 2 rings (SSSR count). The van der Waals surface area contributed by atoms with E-state index in [9.17, 15) is 9.90 Å². The highest BCUT2D eigenvalue weighted by molar-refractivity contribution is 5.66. The molecule has 5 unspecified atom stereocenters. The Bertz CT molecular complexity index is 470. The number of aliphatic carboxylic acids is 1. The normalized spacial score (nSPS) is 38.6. The predicted octanol–water partition coefficient (Wildman–Crippen LogP) is 4.65. The Balaban J connectivity index is 2.16. The number of hydrogen-bond donors (Lipinski definition) is 2. The number of rotatable bonds is 6. The Hall–Kier alpha value is -0.830. The van der Waals surface area contributed by atoms with E-state index in [2.05, 4.69) is 33.8 Å². The lowest BCUT2D eigenvalue weighted by molar-refractivity contribution is -0.138. The summed E-state index contributed by atoms with van der Waals surface area (Å²) in [6.07, 6.45) is 9.34. The van der Waals surface area contributed by atoms with Gasteiger partial charge < -0.3 is 10.2 Å². The lowest BCUT2D eigenvalue weighted by Crippen LogP contribution is -2.50. The van der Waals surface area contributed by atoms with Crippen LogP contribution in [0.4, 0.5) is 0 Å². The van der Waals surface area contributed by atoms with E-state index in [0.717, 1.165) is 25.7 Å². The highest BCUT2D eigenvalue weighted by atomic mass is 16.4.